The zero-order chi connectivity index (χ0) is 17.7. The SMILES string of the molecule is O=c1[nH]c2ccccc2c(O)c1C1=NN(C2CCC2)Sc2ccccc21. The first-order valence-corrected chi connectivity index (χ1v) is 9.49. The van der Waals surface area contributed by atoms with Gasteiger partial charge in [-0.2, -0.15) is 5.10 Å². The van der Waals surface area contributed by atoms with Gasteiger partial charge in [0.15, 0.2) is 0 Å². The van der Waals surface area contributed by atoms with E-state index in [0.717, 1.165) is 23.3 Å². The fraction of sp³-hybridized carbons (Fsp3) is 0.200. The quantitative estimate of drug-likeness (QED) is 0.679. The second-order valence-electron chi connectivity index (χ2n) is 6.65. The zero-order valence-corrected chi connectivity index (χ0v) is 14.8. The molecule has 2 heterocycles. The Balaban J connectivity index is 1.76. The van der Waals surface area contributed by atoms with Crippen molar-refractivity contribution < 1.29 is 5.11 Å². The van der Waals surface area contributed by atoms with Crippen molar-refractivity contribution in [3.8, 4) is 5.75 Å². The molecule has 5 rings (SSSR count). The van der Waals surface area contributed by atoms with Crippen molar-refractivity contribution in [3.05, 3.63) is 70.0 Å². The number of hydrogen-bond donors (Lipinski definition) is 2. The summed E-state index contributed by atoms with van der Waals surface area (Å²) >= 11 is 1.61. The number of aromatic amines is 1. The van der Waals surface area contributed by atoms with Crippen LogP contribution in [0, 0.1) is 0 Å². The van der Waals surface area contributed by atoms with E-state index in [1.807, 2.05) is 40.8 Å². The van der Waals surface area contributed by atoms with E-state index in [1.165, 1.54) is 6.42 Å². The molecule has 130 valence electrons. The maximum absolute atomic E-state index is 12.8. The minimum Gasteiger partial charge on any atom is -0.506 e. The van der Waals surface area contributed by atoms with Gasteiger partial charge in [0, 0.05) is 27.8 Å². The number of nitrogens with one attached hydrogen (secondary N) is 1. The van der Waals surface area contributed by atoms with Gasteiger partial charge in [-0.15, -0.1) is 0 Å². The molecule has 1 aliphatic heterocycles. The number of aromatic hydroxyl groups is 1. The first kappa shape index (κ1) is 15.5. The fourth-order valence-corrected chi connectivity index (χ4v) is 4.50. The van der Waals surface area contributed by atoms with Crippen molar-refractivity contribution in [2.24, 2.45) is 5.10 Å². The standard InChI is InChI=1S/C20H17N3O2S/c24-19-13-8-1-3-10-15(13)21-20(25)17(19)18-14-9-2-4-11-16(14)26-23(22-18)12-6-5-7-12/h1-4,8-12H,5-7H2,(H2,21,24,25). The summed E-state index contributed by atoms with van der Waals surface area (Å²) in [5, 5.41) is 16.3. The monoisotopic (exact) mass is 363 g/mol. The summed E-state index contributed by atoms with van der Waals surface area (Å²) in [7, 11) is 0. The van der Waals surface area contributed by atoms with Crippen LogP contribution in [0.5, 0.6) is 5.75 Å². The fourth-order valence-electron chi connectivity index (χ4n) is 3.41. The molecular weight excluding hydrogens is 346 g/mol. The van der Waals surface area contributed by atoms with Crippen LogP contribution in [0.3, 0.4) is 0 Å². The third kappa shape index (κ3) is 2.33. The van der Waals surface area contributed by atoms with Crippen LogP contribution in [0.15, 0.2) is 63.3 Å². The van der Waals surface area contributed by atoms with E-state index in [2.05, 4.69) is 4.98 Å². The third-order valence-corrected chi connectivity index (χ3v) is 6.17. The lowest BCUT2D eigenvalue weighted by molar-refractivity contribution is 0.242. The molecule has 0 amide bonds. The van der Waals surface area contributed by atoms with Gasteiger partial charge in [0.25, 0.3) is 5.56 Å². The van der Waals surface area contributed by atoms with Crippen LogP contribution < -0.4 is 5.56 Å². The number of aromatic nitrogens is 1. The summed E-state index contributed by atoms with van der Waals surface area (Å²) in [6, 6.07) is 15.5. The van der Waals surface area contributed by atoms with Gasteiger partial charge in [-0.25, -0.2) is 4.41 Å². The highest BCUT2D eigenvalue weighted by molar-refractivity contribution is 7.97. The minimum atomic E-state index is -0.324. The highest BCUT2D eigenvalue weighted by atomic mass is 32.2. The molecule has 1 aromatic heterocycles. The molecule has 1 fully saturated rings. The number of H-pyrrole nitrogens is 1. The van der Waals surface area contributed by atoms with Crippen LogP contribution in [0.25, 0.3) is 10.9 Å². The molecule has 2 N–H and O–H groups in total. The molecule has 3 aromatic rings. The third-order valence-electron chi connectivity index (χ3n) is 5.05. The van der Waals surface area contributed by atoms with Crippen molar-refractivity contribution in [2.75, 3.05) is 0 Å². The van der Waals surface area contributed by atoms with Gasteiger partial charge in [0.1, 0.15) is 17.0 Å². The lowest BCUT2D eigenvalue weighted by atomic mass is 9.94. The van der Waals surface area contributed by atoms with Gasteiger partial charge >= 0.3 is 0 Å². The summed E-state index contributed by atoms with van der Waals surface area (Å²) in [4.78, 5) is 16.7. The number of hydrogen-bond acceptors (Lipinski definition) is 5. The average Bonchev–Trinajstić information content (AvgIpc) is 2.60. The Hall–Kier alpha value is -2.73. The van der Waals surface area contributed by atoms with Crippen molar-refractivity contribution >= 4 is 28.6 Å². The molecule has 2 aromatic carbocycles. The number of pyridine rings is 1. The molecule has 0 saturated heterocycles. The van der Waals surface area contributed by atoms with E-state index in [1.54, 1.807) is 24.1 Å². The summed E-state index contributed by atoms with van der Waals surface area (Å²) < 4.78 is 2.00. The molecule has 0 atom stereocenters. The Morgan fingerprint density at radius 1 is 1.12 bits per heavy atom. The van der Waals surface area contributed by atoms with Gasteiger partial charge in [0.2, 0.25) is 0 Å². The van der Waals surface area contributed by atoms with E-state index in [-0.39, 0.29) is 16.9 Å². The predicted molar refractivity (Wildman–Crippen MR) is 104 cm³/mol. The Labute approximate surface area is 154 Å². The molecule has 0 unspecified atom stereocenters. The van der Waals surface area contributed by atoms with Crippen molar-refractivity contribution in [1.29, 1.82) is 0 Å². The van der Waals surface area contributed by atoms with E-state index in [0.29, 0.717) is 22.7 Å². The Morgan fingerprint density at radius 2 is 1.88 bits per heavy atom. The molecule has 2 aliphatic rings. The first-order valence-electron chi connectivity index (χ1n) is 8.72. The van der Waals surface area contributed by atoms with Gasteiger partial charge in [-0.1, -0.05) is 30.3 Å². The Bertz CT molecular complexity index is 1100. The summed E-state index contributed by atoms with van der Waals surface area (Å²) in [5.74, 6) is -0.0154. The predicted octanol–water partition coefficient (Wildman–Crippen LogP) is 3.86. The van der Waals surface area contributed by atoms with Gasteiger partial charge in [-0.3, -0.25) is 4.79 Å². The van der Waals surface area contributed by atoms with E-state index in [9.17, 15) is 9.90 Å². The van der Waals surface area contributed by atoms with E-state index < -0.39 is 0 Å². The largest absolute Gasteiger partial charge is 0.506 e. The number of para-hydroxylation sites is 1. The lowest BCUT2D eigenvalue weighted by Crippen LogP contribution is -2.35. The molecule has 0 spiro atoms. The second-order valence-corrected chi connectivity index (χ2v) is 7.64. The molecule has 0 bridgehead atoms. The molecule has 6 heteroatoms. The van der Waals surface area contributed by atoms with Crippen molar-refractivity contribution in [3.63, 3.8) is 0 Å². The number of hydrazone groups is 1. The number of rotatable bonds is 2. The van der Waals surface area contributed by atoms with Crippen LogP contribution in [-0.4, -0.2) is 26.3 Å². The number of nitrogens with zero attached hydrogens (tertiary/aromatic N) is 2. The Morgan fingerprint density at radius 3 is 2.69 bits per heavy atom. The van der Waals surface area contributed by atoms with Crippen LogP contribution in [-0.2, 0) is 0 Å². The summed E-state index contributed by atoms with van der Waals surface area (Å²) in [6.07, 6.45) is 3.41. The van der Waals surface area contributed by atoms with Crippen molar-refractivity contribution in [2.45, 2.75) is 30.2 Å². The molecular formula is C20H17N3O2S. The molecule has 1 aliphatic carbocycles. The molecule has 26 heavy (non-hydrogen) atoms. The van der Waals surface area contributed by atoms with Crippen LogP contribution in [0.4, 0.5) is 0 Å². The van der Waals surface area contributed by atoms with E-state index >= 15 is 0 Å². The maximum atomic E-state index is 12.8. The Kier molecular flexibility index (Phi) is 3.53. The highest BCUT2D eigenvalue weighted by Crippen LogP contribution is 2.40. The van der Waals surface area contributed by atoms with Crippen LogP contribution in [0.2, 0.25) is 0 Å². The summed E-state index contributed by atoms with van der Waals surface area (Å²) in [6.45, 7) is 0. The molecule has 1 saturated carbocycles. The maximum Gasteiger partial charge on any atom is 0.261 e. The molecule has 0 radical (unpaired) electrons. The normalized spacial score (nSPS) is 16.9. The molecule has 5 nitrogen and oxygen atoms in total. The first-order chi connectivity index (χ1) is 12.7. The summed E-state index contributed by atoms with van der Waals surface area (Å²) in [5.41, 5.74) is 1.95. The average molecular weight is 363 g/mol. The van der Waals surface area contributed by atoms with Crippen LogP contribution >= 0.6 is 11.9 Å². The van der Waals surface area contributed by atoms with Gasteiger partial charge < -0.3 is 10.1 Å². The highest BCUT2D eigenvalue weighted by Gasteiger charge is 2.32. The van der Waals surface area contributed by atoms with Crippen molar-refractivity contribution in [1.82, 2.24) is 9.40 Å². The van der Waals surface area contributed by atoms with Crippen LogP contribution in [0.1, 0.15) is 30.4 Å². The van der Waals surface area contributed by atoms with Gasteiger partial charge in [-0.05, 0) is 37.5 Å². The minimum absolute atomic E-state index is 0.0154. The van der Waals surface area contributed by atoms with Gasteiger partial charge in [0.05, 0.1) is 11.6 Å². The number of fused-ring (bicyclic) bond motifs is 2. The second kappa shape index (κ2) is 5.92. The van der Waals surface area contributed by atoms with E-state index in [4.69, 9.17) is 5.10 Å². The number of benzene rings is 2. The topological polar surface area (TPSA) is 68.7 Å². The zero-order valence-electron chi connectivity index (χ0n) is 14.0. The smallest absolute Gasteiger partial charge is 0.261 e. The lowest BCUT2D eigenvalue weighted by Gasteiger charge is -2.37.